The van der Waals surface area contributed by atoms with Gasteiger partial charge in [-0.1, -0.05) is 30.3 Å². The minimum Gasteiger partial charge on any atom is -0.396 e. The Balaban J connectivity index is 1.86. The van der Waals surface area contributed by atoms with Crippen molar-refractivity contribution in [1.82, 2.24) is 4.90 Å². The number of rotatable bonds is 5. The molecule has 0 saturated carbocycles. The van der Waals surface area contributed by atoms with E-state index in [1.54, 1.807) is 0 Å². The highest BCUT2D eigenvalue weighted by Crippen LogP contribution is 2.20. The van der Waals surface area contributed by atoms with Crippen molar-refractivity contribution in [2.24, 2.45) is 11.7 Å². The molecular weight excluding hydrogens is 240 g/mol. The second-order valence-electron chi connectivity index (χ2n) is 5.25. The molecule has 0 bridgehead atoms. The molecule has 104 valence electrons. The molecule has 1 fully saturated rings. The van der Waals surface area contributed by atoms with Gasteiger partial charge in [0.1, 0.15) is 0 Å². The highest BCUT2D eigenvalue weighted by Gasteiger charge is 2.28. The van der Waals surface area contributed by atoms with Crippen LogP contribution in [-0.4, -0.2) is 41.7 Å². The van der Waals surface area contributed by atoms with Gasteiger partial charge in [-0.2, -0.15) is 0 Å². The molecule has 1 aliphatic heterocycles. The molecule has 19 heavy (non-hydrogen) atoms. The molecule has 4 heteroatoms. The summed E-state index contributed by atoms with van der Waals surface area (Å²) in [5.74, 6) is 0.460. The van der Waals surface area contributed by atoms with Gasteiger partial charge in [0.25, 0.3) is 0 Å². The summed E-state index contributed by atoms with van der Waals surface area (Å²) < 4.78 is 0. The van der Waals surface area contributed by atoms with Crippen molar-refractivity contribution in [3.63, 3.8) is 0 Å². The molecule has 3 N–H and O–H groups in total. The SMILES string of the molecule is NC(Cc1ccccc1)C(=O)N1CCC(CCO)C1. The Hall–Kier alpha value is -1.39. The van der Waals surface area contributed by atoms with Gasteiger partial charge in [0, 0.05) is 19.7 Å². The summed E-state index contributed by atoms with van der Waals surface area (Å²) in [6, 6.07) is 9.39. The van der Waals surface area contributed by atoms with Crippen molar-refractivity contribution in [2.45, 2.75) is 25.3 Å². The first-order chi connectivity index (χ1) is 9.20. The monoisotopic (exact) mass is 262 g/mol. The third kappa shape index (κ3) is 3.78. The predicted molar refractivity (Wildman–Crippen MR) is 74.5 cm³/mol. The summed E-state index contributed by atoms with van der Waals surface area (Å²) in [4.78, 5) is 14.1. The third-order valence-corrected chi connectivity index (χ3v) is 3.75. The number of benzene rings is 1. The Labute approximate surface area is 114 Å². The maximum absolute atomic E-state index is 12.2. The van der Waals surface area contributed by atoms with Gasteiger partial charge in [-0.25, -0.2) is 0 Å². The number of carbonyl (C=O) groups is 1. The molecule has 0 radical (unpaired) electrons. The Morgan fingerprint density at radius 2 is 2.16 bits per heavy atom. The lowest BCUT2D eigenvalue weighted by Crippen LogP contribution is -2.43. The van der Waals surface area contributed by atoms with Crippen LogP contribution < -0.4 is 5.73 Å². The fraction of sp³-hybridized carbons (Fsp3) is 0.533. The minimum absolute atomic E-state index is 0.0318. The summed E-state index contributed by atoms with van der Waals surface area (Å²) in [6.45, 7) is 1.70. The van der Waals surface area contributed by atoms with Crippen LogP contribution >= 0.6 is 0 Å². The number of aliphatic hydroxyl groups excluding tert-OH is 1. The molecule has 2 unspecified atom stereocenters. The summed E-state index contributed by atoms with van der Waals surface area (Å²) in [7, 11) is 0. The van der Waals surface area contributed by atoms with E-state index < -0.39 is 6.04 Å². The largest absolute Gasteiger partial charge is 0.396 e. The Kier molecular flexibility index (Phi) is 4.93. The minimum atomic E-state index is -0.463. The lowest BCUT2D eigenvalue weighted by molar-refractivity contribution is -0.131. The topological polar surface area (TPSA) is 66.6 Å². The van der Waals surface area contributed by atoms with Gasteiger partial charge >= 0.3 is 0 Å². The van der Waals surface area contributed by atoms with Crippen LogP contribution in [0.5, 0.6) is 0 Å². The molecule has 0 spiro atoms. The van der Waals surface area contributed by atoms with Gasteiger partial charge < -0.3 is 15.7 Å². The summed E-state index contributed by atoms with van der Waals surface area (Å²) >= 11 is 0. The lowest BCUT2D eigenvalue weighted by Gasteiger charge is -2.21. The molecule has 1 saturated heterocycles. The van der Waals surface area contributed by atoms with Crippen LogP contribution in [0.25, 0.3) is 0 Å². The number of aliphatic hydroxyl groups is 1. The van der Waals surface area contributed by atoms with E-state index in [0.29, 0.717) is 12.3 Å². The number of amides is 1. The van der Waals surface area contributed by atoms with Gasteiger partial charge in [-0.05, 0) is 30.7 Å². The molecule has 0 aliphatic carbocycles. The van der Waals surface area contributed by atoms with E-state index in [9.17, 15) is 4.79 Å². The number of nitrogens with zero attached hydrogens (tertiary/aromatic N) is 1. The number of nitrogens with two attached hydrogens (primary N) is 1. The maximum atomic E-state index is 12.2. The van der Waals surface area contributed by atoms with E-state index in [1.165, 1.54) is 0 Å². The van der Waals surface area contributed by atoms with Crippen molar-refractivity contribution in [3.05, 3.63) is 35.9 Å². The van der Waals surface area contributed by atoms with Crippen LogP contribution in [0.3, 0.4) is 0 Å². The molecule has 2 rings (SSSR count). The third-order valence-electron chi connectivity index (χ3n) is 3.75. The fourth-order valence-electron chi connectivity index (χ4n) is 2.64. The average molecular weight is 262 g/mol. The maximum Gasteiger partial charge on any atom is 0.239 e. The molecular formula is C15H22N2O2. The second-order valence-corrected chi connectivity index (χ2v) is 5.25. The Morgan fingerprint density at radius 1 is 1.42 bits per heavy atom. The summed E-state index contributed by atoms with van der Waals surface area (Å²) in [6.07, 6.45) is 2.34. The zero-order chi connectivity index (χ0) is 13.7. The van der Waals surface area contributed by atoms with Crippen LogP contribution in [0.1, 0.15) is 18.4 Å². The lowest BCUT2D eigenvalue weighted by atomic mass is 10.1. The van der Waals surface area contributed by atoms with E-state index in [0.717, 1.165) is 31.5 Å². The van der Waals surface area contributed by atoms with Crippen molar-refractivity contribution >= 4 is 5.91 Å². The van der Waals surface area contributed by atoms with Crippen molar-refractivity contribution in [2.75, 3.05) is 19.7 Å². The van der Waals surface area contributed by atoms with E-state index in [1.807, 2.05) is 35.2 Å². The molecule has 1 aromatic rings. The highest BCUT2D eigenvalue weighted by atomic mass is 16.3. The zero-order valence-electron chi connectivity index (χ0n) is 11.2. The van der Waals surface area contributed by atoms with Crippen molar-refractivity contribution in [3.8, 4) is 0 Å². The highest BCUT2D eigenvalue weighted by molar-refractivity contribution is 5.82. The summed E-state index contributed by atoms with van der Waals surface area (Å²) in [5.41, 5.74) is 7.10. The number of carbonyl (C=O) groups excluding carboxylic acids is 1. The first-order valence-electron chi connectivity index (χ1n) is 6.90. The molecule has 0 aromatic heterocycles. The number of hydrogen-bond donors (Lipinski definition) is 2. The fourth-order valence-corrected chi connectivity index (χ4v) is 2.64. The Bertz CT molecular complexity index is 408. The second kappa shape index (κ2) is 6.68. The van der Waals surface area contributed by atoms with Crippen LogP contribution in [0.15, 0.2) is 30.3 Å². The van der Waals surface area contributed by atoms with Gasteiger partial charge in [0.05, 0.1) is 6.04 Å². The number of likely N-dealkylation sites (tertiary alicyclic amines) is 1. The van der Waals surface area contributed by atoms with Gasteiger partial charge in [0.2, 0.25) is 5.91 Å². The average Bonchev–Trinajstić information content (AvgIpc) is 2.88. The van der Waals surface area contributed by atoms with E-state index in [4.69, 9.17) is 10.8 Å². The number of hydrogen-bond acceptors (Lipinski definition) is 3. The standard InChI is InChI=1S/C15H22N2O2/c16-14(10-12-4-2-1-3-5-12)15(19)17-8-6-13(11-17)7-9-18/h1-5,13-14,18H,6-11,16H2. The van der Waals surface area contributed by atoms with Crippen molar-refractivity contribution < 1.29 is 9.90 Å². The molecule has 1 amide bonds. The van der Waals surface area contributed by atoms with E-state index >= 15 is 0 Å². The van der Waals surface area contributed by atoms with E-state index in [-0.39, 0.29) is 12.5 Å². The Morgan fingerprint density at radius 3 is 2.84 bits per heavy atom. The molecule has 1 aromatic carbocycles. The van der Waals surface area contributed by atoms with Crippen molar-refractivity contribution in [1.29, 1.82) is 0 Å². The summed E-state index contributed by atoms with van der Waals surface area (Å²) in [5, 5.41) is 8.93. The first-order valence-corrected chi connectivity index (χ1v) is 6.90. The van der Waals surface area contributed by atoms with Gasteiger partial charge in [-0.3, -0.25) is 4.79 Å². The molecule has 1 aliphatic rings. The van der Waals surface area contributed by atoms with Crippen LogP contribution in [-0.2, 0) is 11.2 Å². The van der Waals surface area contributed by atoms with E-state index in [2.05, 4.69) is 0 Å². The predicted octanol–water partition coefficient (Wildman–Crippen LogP) is 0.787. The van der Waals surface area contributed by atoms with Crippen LogP contribution in [0.4, 0.5) is 0 Å². The molecule has 1 heterocycles. The smallest absolute Gasteiger partial charge is 0.239 e. The zero-order valence-corrected chi connectivity index (χ0v) is 11.2. The molecule has 2 atom stereocenters. The normalized spacial score (nSPS) is 20.5. The first kappa shape index (κ1) is 14.0. The van der Waals surface area contributed by atoms with Gasteiger partial charge in [0.15, 0.2) is 0 Å². The van der Waals surface area contributed by atoms with Gasteiger partial charge in [-0.15, -0.1) is 0 Å². The quantitative estimate of drug-likeness (QED) is 0.824. The van der Waals surface area contributed by atoms with Crippen LogP contribution in [0.2, 0.25) is 0 Å². The molecule has 4 nitrogen and oxygen atoms in total. The van der Waals surface area contributed by atoms with Crippen LogP contribution in [0, 0.1) is 5.92 Å².